The van der Waals surface area contributed by atoms with Gasteiger partial charge in [-0.1, -0.05) is 6.08 Å². The van der Waals surface area contributed by atoms with E-state index in [0.717, 1.165) is 0 Å². The second-order valence-electron chi connectivity index (χ2n) is 1.80. The second-order valence-corrected chi connectivity index (χ2v) is 1.80. The number of hydrogen-bond acceptors (Lipinski definition) is 2. The standard InChI is InChI=1S/C6H8O2/c7-5-2-1-3-6(8)4-5/h1-2,4,6-8H,3H2. The summed E-state index contributed by atoms with van der Waals surface area (Å²) in [5.41, 5.74) is 0. The van der Waals surface area contributed by atoms with Crippen LogP contribution in [-0.2, 0) is 0 Å². The average molecular weight is 112 g/mol. The van der Waals surface area contributed by atoms with Gasteiger partial charge in [-0.05, 0) is 18.6 Å². The fourth-order valence-corrected chi connectivity index (χ4v) is 0.649. The Balaban J connectivity index is 2.63. The molecule has 1 unspecified atom stereocenters. The van der Waals surface area contributed by atoms with Crippen LogP contribution in [0.15, 0.2) is 24.0 Å². The first-order valence-electron chi connectivity index (χ1n) is 2.54. The first-order valence-corrected chi connectivity index (χ1v) is 2.54. The third kappa shape index (κ3) is 1.10. The highest BCUT2D eigenvalue weighted by atomic mass is 16.3. The molecule has 8 heavy (non-hydrogen) atoms. The Kier molecular flexibility index (Phi) is 1.35. The van der Waals surface area contributed by atoms with Gasteiger partial charge in [-0.2, -0.15) is 0 Å². The van der Waals surface area contributed by atoms with Crippen LogP contribution in [0.4, 0.5) is 0 Å². The fraction of sp³-hybridized carbons (Fsp3) is 0.333. The molecule has 44 valence electrons. The molecule has 2 nitrogen and oxygen atoms in total. The quantitative estimate of drug-likeness (QED) is 0.485. The van der Waals surface area contributed by atoms with Crippen LogP contribution in [0.5, 0.6) is 0 Å². The van der Waals surface area contributed by atoms with Gasteiger partial charge in [0.15, 0.2) is 0 Å². The van der Waals surface area contributed by atoms with E-state index in [4.69, 9.17) is 10.2 Å². The van der Waals surface area contributed by atoms with Gasteiger partial charge >= 0.3 is 0 Å². The number of allylic oxidation sites excluding steroid dienone is 1. The van der Waals surface area contributed by atoms with E-state index in [1.54, 1.807) is 12.2 Å². The number of aliphatic hydroxyl groups is 2. The smallest absolute Gasteiger partial charge is 0.113 e. The molecule has 0 saturated heterocycles. The van der Waals surface area contributed by atoms with E-state index < -0.39 is 6.10 Å². The molecule has 0 heterocycles. The summed E-state index contributed by atoms with van der Waals surface area (Å²) < 4.78 is 0. The first-order chi connectivity index (χ1) is 3.79. The van der Waals surface area contributed by atoms with E-state index in [9.17, 15) is 0 Å². The number of aliphatic hydroxyl groups excluding tert-OH is 2. The maximum atomic E-state index is 8.79. The molecule has 2 heteroatoms. The highest BCUT2D eigenvalue weighted by Crippen LogP contribution is 2.06. The van der Waals surface area contributed by atoms with Crippen LogP contribution in [0.3, 0.4) is 0 Å². The zero-order chi connectivity index (χ0) is 5.98. The van der Waals surface area contributed by atoms with Gasteiger partial charge < -0.3 is 10.2 Å². The summed E-state index contributed by atoms with van der Waals surface area (Å²) in [6.45, 7) is 0. The van der Waals surface area contributed by atoms with Crippen LogP contribution in [0, 0.1) is 0 Å². The maximum Gasteiger partial charge on any atom is 0.113 e. The Hall–Kier alpha value is -0.760. The van der Waals surface area contributed by atoms with Gasteiger partial charge in [-0.15, -0.1) is 0 Å². The Morgan fingerprint density at radius 3 is 2.75 bits per heavy atom. The van der Waals surface area contributed by atoms with Gasteiger partial charge in [-0.25, -0.2) is 0 Å². The van der Waals surface area contributed by atoms with Crippen molar-refractivity contribution in [2.45, 2.75) is 12.5 Å². The van der Waals surface area contributed by atoms with Crippen molar-refractivity contribution in [2.24, 2.45) is 0 Å². The lowest BCUT2D eigenvalue weighted by Gasteiger charge is -2.05. The fourth-order valence-electron chi connectivity index (χ4n) is 0.649. The average Bonchev–Trinajstić information content (AvgIpc) is 1.64. The van der Waals surface area contributed by atoms with E-state index in [0.29, 0.717) is 6.42 Å². The van der Waals surface area contributed by atoms with Gasteiger partial charge in [0.2, 0.25) is 0 Å². The Bertz CT molecular complexity index is 135. The van der Waals surface area contributed by atoms with Crippen LogP contribution in [0.2, 0.25) is 0 Å². The minimum atomic E-state index is -0.486. The van der Waals surface area contributed by atoms with Crippen molar-refractivity contribution in [3.63, 3.8) is 0 Å². The van der Waals surface area contributed by atoms with Crippen molar-refractivity contribution >= 4 is 0 Å². The van der Waals surface area contributed by atoms with Crippen LogP contribution in [0.25, 0.3) is 0 Å². The Labute approximate surface area is 47.8 Å². The molecular formula is C6H8O2. The van der Waals surface area contributed by atoms with E-state index in [-0.39, 0.29) is 5.76 Å². The van der Waals surface area contributed by atoms with Crippen molar-refractivity contribution < 1.29 is 10.2 Å². The third-order valence-corrected chi connectivity index (χ3v) is 1.03. The highest BCUT2D eigenvalue weighted by Gasteiger charge is 2.01. The van der Waals surface area contributed by atoms with Crippen molar-refractivity contribution in [3.05, 3.63) is 24.0 Å². The molecule has 0 aromatic carbocycles. The topological polar surface area (TPSA) is 40.5 Å². The summed E-state index contributed by atoms with van der Waals surface area (Å²) in [5, 5.41) is 17.5. The van der Waals surface area contributed by atoms with E-state index in [2.05, 4.69) is 0 Å². The van der Waals surface area contributed by atoms with Gasteiger partial charge in [0, 0.05) is 0 Å². The van der Waals surface area contributed by atoms with Gasteiger partial charge in [-0.3, -0.25) is 0 Å². The Morgan fingerprint density at radius 1 is 1.62 bits per heavy atom. The summed E-state index contributed by atoms with van der Waals surface area (Å²) in [6, 6.07) is 0. The van der Waals surface area contributed by atoms with Crippen LogP contribution in [0.1, 0.15) is 6.42 Å². The van der Waals surface area contributed by atoms with Gasteiger partial charge in [0.25, 0.3) is 0 Å². The molecule has 0 saturated carbocycles. The summed E-state index contributed by atoms with van der Waals surface area (Å²) >= 11 is 0. The lowest BCUT2D eigenvalue weighted by Crippen LogP contribution is -2.04. The first kappa shape index (κ1) is 5.38. The highest BCUT2D eigenvalue weighted by molar-refractivity contribution is 5.17. The molecule has 1 rings (SSSR count). The summed E-state index contributed by atoms with van der Waals surface area (Å²) in [6.07, 6.45) is 4.86. The summed E-state index contributed by atoms with van der Waals surface area (Å²) in [7, 11) is 0. The molecule has 1 aliphatic rings. The van der Waals surface area contributed by atoms with Crippen molar-refractivity contribution in [2.75, 3.05) is 0 Å². The number of hydrogen-bond donors (Lipinski definition) is 2. The summed E-state index contributed by atoms with van der Waals surface area (Å²) in [4.78, 5) is 0. The van der Waals surface area contributed by atoms with Crippen molar-refractivity contribution in [1.29, 1.82) is 0 Å². The van der Waals surface area contributed by atoms with E-state index >= 15 is 0 Å². The van der Waals surface area contributed by atoms with Crippen molar-refractivity contribution in [1.82, 2.24) is 0 Å². The van der Waals surface area contributed by atoms with Crippen LogP contribution in [-0.4, -0.2) is 16.3 Å². The molecule has 0 bridgehead atoms. The van der Waals surface area contributed by atoms with E-state index in [1.165, 1.54) is 6.08 Å². The molecule has 0 radical (unpaired) electrons. The van der Waals surface area contributed by atoms with Gasteiger partial charge in [0.1, 0.15) is 5.76 Å². The van der Waals surface area contributed by atoms with Crippen LogP contribution < -0.4 is 0 Å². The molecule has 1 aliphatic carbocycles. The third-order valence-electron chi connectivity index (χ3n) is 1.03. The SMILES string of the molecule is OC1=CC(O)CC=C1. The molecule has 2 N–H and O–H groups in total. The minimum Gasteiger partial charge on any atom is -0.508 e. The molecule has 0 fully saturated rings. The molecule has 1 atom stereocenters. The van der Waals surface area contributed by atoms with E-state index in [1.807, 2.05) is 0 Å². The predicted octanol–water partition coefficient (Wildman–Crippen LogP) is 0.749. The zero-order valence-electron chi connectivity index (χ0n) is 4.41. The lowest BCUT2D eigenvalue weighted by atomic mass is 10.1. The van der Waals surface area contributed by atoms with Gasteiger partial charge in [0.05, 0.1) is 6.10 Å². The molecule has 0 spiro atoms. The molecule has 0 aromatic heterocycles. The second kappa shape index (κ2) is 2.01. The Morgan fingerprint density at radius 2 is 2.38 bits per heavy atom. The van der Waals surface area contributed by atoms with Crippen LogP contribution >= 0.6 is 0 Å². The number of rotatable bonds is 0. The molecule has 0 aromatic rings. The lowest BCUT2D eigenvalue weighted by molar-refractivity contribution is 0.218. The monoisotopic (exact) mass is 112 g/mol. The molecule has 0 amide bonds. The normalized spacial score (nSPS) is 27.6. The molecular weight excluding hydrogens is 104 g/mol. The molecule has 0 aliphatic heterocycles. The summed E-state index contributed by atoms with van der Waals surface area (Å²) in [5.74, 6) is 0.156. The largest absolute Gasteiger partial charge is 0.508 e. The van der Waals surface area contributed by atoms with Crippen molar-refractivity contribution in [3.8, 4) is 0 Å². The maximum absolute atomic E-state index is 8.79. The minimum absolute atomic E-state index is 0.156. The predicted molar refractivity (Wildman–Crippen MR) is 30.5 cm³/mol. The zero-order valence-corrected chi connectivity index (χ0v) is 4.41.